The van der Waals surface area contributed by atoms with Gasteiger partial charge < -0.3 is 15.0 Å². The molecule has 0 saturated carbocycles. The second kappa shape index (κ2) is 3.95. The van der Waals surface area contributed by atoms with E-state index in [0.29, 0.717) is 11.4 Å². The van der Waals surface area contributed by atoms with E-state index in [4.69, 9.17) is 10.5 Å². The van der Waals surface area contributed by atoms with E-state index in [-0.39, 0.29) is 0 Å². The Bertz CT molecular complexity index is 559. The zero-order chi connectivity index (χ0) is 11.8. The van der Waals surface area contributed by atoms with E-state index in [9.17, 15) is 0 Å². The van der Waals surface area contributed by atoms with Crippen LogP contribution in [0, 0.1) is 0 Å². The summed E-state index contributed by atoms with van der Waals surface area (Å²) in [5, 5.41) is 0. The smallest absolute Gasteiger partial charge is 0.144 e. The van der Waals surface area contributed by atoms with E-state index in [2.05, 4.69) is 15.6 Å². The quantitative estimate of drug-likeness (QED) is 0.766. The van der Waals surface area contributed by atoms with Gasteiger partial charge in [-0.15, -0.1) is 0 Å². The second-order valence-electron chi connectivity index (χ2n) is 4.54. The van der Waals surface area contributed by atoms with E-state index < -0.39 is 0 Å². The molecule has 17 heavy (non-hydrogen) atoms. The van der Waals surface area contributed by atoms with E-state index in [1.54, 1.807) is 7.11 Å². The molecule has 0 saturated heterocycles. The summed E-state index contributed by atoms with van der Waals surface area (Å²) in [5.41, 5.74) is 8.77. The molecule has 3 rings (SSSR count). The molecule has 1 aliphatic rings. The minimum atomic E-state index is 0.658. The number of nitrogens with zero attached hydrogens (tertiary/aromatic N) is 2. The summed E-state index contributed by atoms with van der Waals surface area (Å²) < 4.78 is 7.54. The fourth-order valence-electron chi connectivity index (χ4n) is 2.59. The van der Waals surface area contributed by atoms with Crippen LogP contribution in [0.4, 0.5) is 5.69 Å². The molecule has 2 aromatic rings. The molecular weight excluding hydrogens is 214 g/mol. The van der Waals surface area contributed by atoms with Crippen LogP contribution in [0.5, 0.6) is 5.75 Å². The average Bonchev–Trinajstić information content (AvgIpc) is 2.54. The van der Waals surface area contributed by atoms with Crippen molar-refractivity contribution in [3.8, 4) is 5.75 Å². The Labute approximate surface area is 100 Å². The number of fused-ring (bicyclic) bond motifs is 3. The van der Waals surface area contributed by atoms with Crippen molar-refractivity contribution in [3.63, 3.8) is 0 Å². The summed E-state index contributed by atoms with van der Waals surface area (Å²) in [4.78, 5) is 4.68. The minimum Gasteiger partial charge on any atom is -0.495 e. The van der Waals surface area contributed by atoms with Crippen LogP contribution < -0.4 is 10.5 Å². The number of rotatable bonds is 1. The molecule has 4 nitrogen and oxygen atoms in total. The molecular formula is C13H17N3O. The summed E-state index contributed by atoms with van der Waals surface area (Å²) in [6.45, 7) is 1.05. The molecule has 2 N–H and O–H groups in total. The number of hydrogen-bond acceptors (Lipinski definition) is 3. The second-order valence-corrected chi connectivity index (χ2v) is 4.54. The van der Waals surface area contributed by atoms with Gasteiger partial charge in [-0.3, -0.25) is 0 Å². The molecule has 1 aromatic heterocycles. The van der Waals surface area contributed by atoms with Crippen molar-refractivity contribution >= 4 is 16.7 Å². The molecule has 0 amide bonds. The Balaban J connectivity index is 2.24. The molecule has 0 bridgehead atoms. The minimum absolute atomic E-state index is 0.658. The van der Waals surface area contributed by atoms with E-state index in [0.717, 1.165) is 29.8 Å². The highest BCUT2D eigenvalue weighted by Crippen LogP contribution is 2.31. The maximum absolute atomic E-state index is 6.08. The lowest BCUT2D eigenvalue weighted by molar-refractivity contribution is 0.417. The number of imidazole rings is 1. The number of aryl methyl sites for hydroxylation is 2. The Morgan fingerprint density at radius 2 is 2.18 bits per heavy atom. The van der Waals surface area contributed by atoms with Crippen LogP contribution in [-0.2, 0) is 13.0 Å². The van der Waals surface area contributed by atoms with Crippen LogP contribution in [0.2, 0.25) is 0 Å². The van der Waals surface area contributed by atoms with Crippen LogP contribution in [0.25, 0.3) is 11.0 Å². The lowest BCUT2D eigenvalue weighted by Crippen LogP contribution is -2.00. The van der Waals surface area contributed by atoms with Crippen molar-refractivity contribution in [1.82, 2.24) is 9.55 Å². The summed E-state index contributed by atoms with van der Waals surface area (Å²) in [6.07, 6.45) is 4.79. The number of methoxy groups -OCH3 is 1. The molecule has 0 fully saturated rings. The van der Waals surface area contributed by atoms with Gasteiger partial charge in [-0.1, -0.05) is 6.42 Å². The van der Waals surface area contributed by atoms with Gasteiger partial charge >= 0.3 is 0 Å². The predicted octanol–water partition coefficient (Wildman–Crippen LogP) is 2.35. The van der Waals surface area contributed by atoms with Crippen LogP contribution in [0.15, 0.2) is 12.1 Å². The molecule has 1 aliphatic heterocycles. The predicted molar refractivity (Wildman–Crippen MR) is 68.3 cm³/mol. The summed E-state index contributed by atoms with van der Waals surface area (Å²) in [5.74, 6) is 1.88. The lowest BCUT2D eigenvalue weighted by Gasteiger charge is -2.06. The number of ether oxygens (including phenoxy) is 1. The van der Waals surface area contributed by atoms with Gasteiger partial charge in [-0.2, -0.15) is 0 Å². The number of nitrogen functional groups attached to an aromatic ring is 1. The molecule has 2 heterocycles. The standard InChI is InChI=1S/C13H17N3O/c1-17-10-7-6-9-13(12(10)14)15-11-5-3-2-4-8-16(9)11/h6-7H,2-5,8,14H2,1H3. The topological polar surface area (TPSA) is 53.1 Å². The molecule has 0 aliphatic carbocycles. The van der Waals surface area contributed by atoms with Gasteiger partial charge in [0, 0.05) is 13.0 Å². The first kappa shape index (κ1) is 10.4. The first-order valence-electron chi connectivity index (χ1n) is 6.13. The van der Waals surface area contributed by atoms with Crippen molar-refractivity contribution in [2.45, 2.75) is 32.2 Å². The van der Waals surface area contributed by atoms with Crippen molar-refractivity contribution in [1.29, 1.82) is 0 Å². The normalized spacial score (nSPS) is 15.6. The van der Waals surface area contributed by atoms with Gasteiger partial charge in [0.05, 0.1) is 12.6 Å². The first-order valence-corrected chi connectivity index (χ1v) is 6.13. The molecule has 1 aromatic carbocycles. The summed E-state index contributed by atoms with van der Waals surface area (Å²) in [6, 6.07) is 3.99. The van der Waals surface area contributed by atoms with Crippen molar-refractivity contribution in [2.75, 3.05) is 12.8 Å². The Morgan fingerprint density at radius 1 is 1.29 bits per heavy atom. The third-order valence-corrected chi connectivity index (χ3v) is 3.50. The Kier molecular flexibility index (Phi) is 2.42. The number of aromatic nitrogens is 2. The maximum atomic E-state index is 6.08. The molecule has 0 unspecified atom stereocenters. The van der Waals surface area contributed by atoms with Crippen molar-refractivity contribution in [2.24, 2.45) is 0 Å². The van der Waals surface area contributed by atoms with Gasteiger partial charge in [0.1, 0.15) is 22.8 Å². The summed E-state index contributed by atoms with van der Waals surface area (Å²) >= 11 is 0. The van der Waals surface area contributed by atoms with Gasteiger partial charge in [0.2, 0.25) is 0 Å². The number of anilines is 1. The molecule has 90 valence electrons. The van der Waals surface area contributed by atoms with Crippen LogP contribution >= 0.6 is 0 Å². The summed E-state index contributed by atoms with van der Waals surface area (Å²) in [7, 11) is 1.64. The fourth-order valence-corrected chi connectivity index (χ4v) is 2.59. The molecule has 0 spiro atoms. The zero-order valence-corrected chi connectivity index (χ0v) is 10.1. The highest BCUT2D eigenvalue weighted by molar-refractivity contribution is 5.91. The third-order valence-electron chi connectivity index (χ3n) is 3.50. The number of benzene rings is 1. The van der Waals surface area contributed by atoms with Crippen LogP contribution in [0.3, 0.4) is 0 Å². The molecule has 4 heteroatoms. The lowest BCUT2D eigenvalue weighted by atomic mass is 10.2. The van der Waals surface area contributed by atoms with Gasteiger partial charge in [0.15, 0.2) is 0 Å². The number of hydrogen-bond donors (Lipinski definition) is 1. The highest BCUT2D eigenvalue weighted by atomic mass is 16.5. The Hall–Kier alpha value is -1.71. The SMILES string of the molecule is COc1ccc2c(nc3n2CCCCC3)c1N. The largest absolute Gasteiger partial charge is 0.495 e. The first-order chi connectivity index (χ1) is 8.31. The van der Waals surface area contributed by atoms with E-state index in [1.165, 1.54) is 19.3 Å². The molecule has 0 radical (unpaired) electrons. The van der Waals surface area contributed by atoms with Crippen LogP contribution in [-0.4, -0.2) is 16.7 Å². The highest BCUT2D eigenvalue weighted by Gasteiger charge is 2.16. The van der Waals surface area contributed by atoms with Gasteiger partial charge in [-0.05, 0) is 25.0 Å². The average molecular weight is 231 g/mol. The Morgan fingerprint density at radius 3 is 3.00 bits per heavy atom. The maximum Gasteiger partial charge on any atom is 0.144 e. The van der Waals surface area contributed by atoms with Crippen molar-refractivity contribution < 1.29 is 4.74 Å². The zero-order valence-electron chi connectivity index (χ0n) is 10.1. The number of nitrogens with two attached hydrogens (primary N) is 1. The van der Waals surface area contributed by atoms with Crippen molar-refractivity contribution in [3.05, 3.63) is 18.0 Å². The van der Waals surface area contributed by atoms with E-state index >= 15 is 0 Å². The fraction of sp³-hybridized carbons (Fsp3) is 0.462. The van der Waals surface area contributed by atoms with Gasteiger partial charge in [-0.25, -0.2) is 4.98 Å². The van der Waals surface area contributed by atoms with Gasteiger partial charge in [0.25, 0.3) is 0 Å². The molecule has 0 atom stereocenters. The third kappa shape index (κ3) is 1.55. The monoisotopic (exact) mass is 231 g/mol. The van der Waals surface area contributed by atoms with Crippen LogP contribution in [0.1, 0.15) is 25.1 Å². The van der Waals surface area contributed by atoms with E-state index in [1.807, 2.05) is 6.07 Å².